The molecule has 3 aromatic heterocycles. The van der Waals surface area contributed by atoms with Gasteiger partial charge in [0.2, 0.25) is 0 Å². The Morgan fingerprint density at radius 3 is 1.11 bits per heavy atom. The Bertz CT molecular complexity index is 3310. The topological polar surface area (TPSA) is 90.5 Å². The molecule has 0 aliphatic carbocycles. The quantitative estimate of drug-likeness (QED) is 0.158. The third-order valence-electron chi connectivity index (χ3n) is 10.4. The van der Waals surface area contributed by atoms with E-state index < -0.39 is 0 Å². The first-order valence-electron chi connectivity index (χ1n) is 20.2. The van der Waals surface area contributed by atoms with Gasteiger partial charge < -0.3 is 4.42 Å². The summed E-state index contributed by atoms with van der Waals surface area (Å²) in [5, 5.41) is 3.46. The van der Waals surface area contributed by atoms with Gasteiger partial charge in [-0.2, -0.15) is 0 Å². The van der Waals surface area contributed by atoms with Gasteiger partial charge >= 0.3 is 0 Å². The molecule has 7 nitrogen and oxygen atoms in total. The average molecular weight is 854 g/mol. The lowest BCUT2D eigenvalue weighted by Crippen LogP contribution is -2.00. The minimum atomic E-state index is 0.577. The van der Waals surface area contributed by atoms with Gasteiger partial charge in [-0.05, 0) is 59.7 Å². The van der Waals surface area contributed by atoms with E-state index in [-0.39, 0.29) is 0 Å². The summed E-state index contributed by atoms with van der Waals surface area (Å²) in [5.41, 5.74) is 9.37. The van der Waals surface area contributed by atoms with Crippen LogP contribution in [0.2, 0.25) is 10.0 Å². The Morgan fingerprint density at radius 2 is 0.603 bits per heavy atom. The third-order valence-corrected chi connectivity index (χ3v) is 10.9. The highest BCUT2D eigenvalue weighted by atomic mass is 35.5. The first-order chi connectivity index (χ1) is 31.0. The van der Waals surface area contributed by atoms with E-state index in [0.29, 0.717) is 40.0 Å². The molecule has 3 heterocycles. The molecule has 0 aliphatic rings. The van der Waals surface area contributed by atoms with Gasteiger partial charge in [-0.15, -0.1) is 0 Å². The lowest BCUT2D eigenvalue weighted by molar-refractivity contribution is 0.669. The second kappa shape index (κ2) is 17.6. The molecule has 63 heavy (non-hydrogen) atoms. The summed E-state index contributed by atoms with van der Waals surface area (Å²) in [6.07, 6.45) is 0. The van der Waals surface area contributed by atoms with E-state index in [9.17, 15) is 0 Å². The van der Waals surface area contributed by atoms with Crippen LogP contribution in [0.3, 0.4) is 0 Å². The largest absolute Gasteiger partial charge is 0.456 e. The van der Waals surface area contributed by atoms with Crippen molar-refractivity contribution in [3.8, 4) is 79.5 Å². The summed E-state index contributed by atoms with van der Waals surface area (Å²) >= 11 is 12.4. The molecule has 0 saturated heterocycles. The molecule has 0 bridgehead atoms. The molecular formula is C54H34Cl2N6O. The van der Waals surface area contributed by atoms with Crippen LogP contribution in [0.4, 0.5) is 0 Å². The highest BCUT2D eigenvalue weighted by Gasteiger charge is 2.16. The fourth-order valence-electron chi connectivity index (χ4n) is 7.26. The molecule has 0 radical (unpaired) electrons. The van der Waals surface area contributed by atoms with Crippen LogP contribution in [0.5, 0.6) is 0 Å². The summed E-state index contributed by atoms with van der Waals surface area (Å²) in [6, 6.07) is 67.5. The van der Waals surface area contributed by atoms with Crippen molar-refractivity contribution in [1.29, 1.82) is 0 Å². The second-order valence-corrected chi connectivity index (χ2v) is 15.5. The Labute approximate surface area is 373 Å². The molecule has 0 aliphatic heterocycles. The van der Waals surface area contributed by atoms with Crippen LogP contribution in [-0.4, -0.2) is 29.9 Å². The molecule has 0 unspecified atom stereocenters. The van der Waals surface area contributed by atoms with Crippen LogP contribution in [0, 0.1) is 0 Å². The van der Waals surface area contributed by atoms with Crippen molar-refractivity contribution in [2.75, 3.05) is 0 Å². The van der Waals surface area contributed by atoms with Gasteiger partial charge in [0.05, 0.1) is 0 Å². The lowest BCUT2D eigenvalue weighted by Gasteiger charge is -2.09. The fraction of sp³-hybridized carbons (Fsp3) is 0. The minimum absolute atomic E-state index is 0.577. The van der Waals surface area contributed by atoms with Crippen molar-refractivity contribution in [2.24, 2.45) is 0 Å². The van der Waals surface area contributed by atoms with E-state index in [2.05, 4.69) is 24.3 Å². The molecule has 0 saturated carbocycles. The first kappa shape index (κ1) is 39.3. The number of halogens is 2. The summed E-state index contributed by atoms with van der Waals surface area (Å²) in [7, 11) is 0. The van der Waals surface area contributed by atoms with Crippen LogP contribution in [0.1, 0.15) is 0 Å². The third kappa shape index (κ3) is 8.70. The van der Waals surface area contributed by atoms with Crippen LogP contribution in [0.25, 0.3) is 101 Å². The highest BCUT2D eigenvalue weighted by Crippen LogP contribution is 2.33. The molecule has 0 atom stereocenters. The van der Waals surface area contributed by atoms with E-state index in [1.807, 2.05) is 182 Å². The zero-order valence-corrected chi connectivity index (χ0v) is 35.0. The Hall–Kier alpha value is -7.84. The van der Waals surface area contributed by atoms with E-state index in [1.54, 1.807) is 0 Å². The van der Waals surface area contributed by atoms with E-state index in [1.165, 1.54) is 0 Å². The average Bonchev–Trinajstić information content (AvgIpc) is 3.73. The number of aromatic nitrogens is 6. The smallest absolute Gasteiger partial charge is 0.164 e. The van der Waals surface area contributed by atoms with Gasteiger partial charge in [0.1, 0.15) is 11.2 Å². The van der Waals surface area contributed by atoms with Crippen LogP contribution in [-0.2, 0) is 0 Å². The molecule has 8 aromatic carbocycles. The fourth-order valence-corrected chi connectivity index (χ4v) is 7.64. The van der Waals surface area contributed by atoms with Gasteiger partial charge in [-0.25, -0.2) is 29.9 Å². The number of fused-ring (bicyclic) bond motifs is 3. The van der Waals surface area contributed by atoms with Crippen LogP contribution in [0.15, 0.2) is 211 Å². The molecule has 0 fully saturated rings. The maximum absolute atomic E-state index is 6.24. The van der Waals surface area contributed by atoms with Crippen molar-refractivity contribution in [1.82, 2.24) is 29.9 Å². The number of benzene rings is 8. The number of hydrogen-bond acceptors (Lipinski definition) is 7. The molecular weight excluding hydrogens is 820 g/mol. The zero-order chi connectivity index (χ0) is 42.5. The summed E-state index contributed by atoms with van der Waals surface area (Å²) in [5.74, 6) is 3.74. The van der Waals surface area contributed by atoms with Crippen molar-refractivity contribution in [2.45, 2.75) is 0 Å². The van der Waals surface area contributed by atoms with E-state index >= 15 is 0 Å². The Morgan fingerprint density at radius 1 is 0.254 bits per heavy atom. The van der Waals surface area contributed by atoms with E-state index in [4.69, 9.17) is 57.5 Å². The zero-order valence-electron chi connectivity index (χ0n) is 33.5. The number of furan rings is 1. The summed E-state index contributed by atoms with van der Waals surface area (Å²) in [6.45, 7) is 0. The maximum atomic E-state index is 6.24. The molecule has 11 rings (SSSR count). The molecule has 0 spiro atoms. The van der Waals surface area contributed by atoms with Gasteiger partial charge in [0.25, 0.3) is 0 Å². The molecule has 11 aromatic rings. The molecule has 9 heteroatoms. The second-order valence-electron chi connectivity index (χ2n) is 14.6. The number of rotatable bonds is 7. The predicted molar refractivity (Wildman–Crippen MR) is 255 cm³/mol. The van der Waals surface area contributed by atoms with Gasteiger partial charge in [0, 0.05) is 54.2 Å². The van der Waals surface area contributed by atoms with Gasteiger partial charge in [-0.3, -0.25) is 0 Å². The normalized spacial score (nSPS) is 11.0. The number of hydrogen-bond donors (Lipinski definition) is 0. The van der Waals surface area contributed by atoms with Crippen molar-refractivity contribution < 1.29 is 4.42 Å². The van der Waals surface area contributed by atoms with Crippen molar-refractivity contribution in [3.63, 3.8) is 0 Å². The standard InChI is InChI=1S/C27H16ClN3O.C27H18ClN3/c28-20-10-6-9-18(15-20)26-29-25(17-7-2-1-3-8-17)30-27(31-26)19-13-14-24-22(16-19)21-11-4-5-12-23(21)32-24;28-24-13-7-12-23(18-24)19-14-16-22(17-15-19)27-30-25(20-8-3-1-4-9-20)29-26(31-27)21-10-5-2-6-11-21/h1-16H;1-18H. The van der Waals surface area contributed by atoms with Crippen molar-refractivity contribution in [3.05, 3.63) is 216 Å². The number of nitrogens with zero attached hydrogens (tertiary/aromatic N) is 6. The van der Waals surface area contributed by atoms with Crippen LogP contribution < -0.4 is 0 Å². The van der Waals surface area contributed by atoms with E-state index in [0.717, 1.165) is 71.5 Å². The lowest BCUT2D eigenvalue weighted by atomic mass is 10.0. The number of para-hydroxylation sites is 1. The molecule has 0 N–H and O–H groups in total. The predicted octanol–water partition coefficient (Wildman–Crippen LogP) is 14.6. The first-order valence-corrected chi connectivity index (χ1v) is 21.0. The highest BCUT2D eigenvalue weighted by molar-refractivity contribution is 6.31. The summed E-state index contributed by atoms with van der Waals surface area (Å²) < 4.78 is 5.97. The SMILES string of the molecule is Clc1cccc(-c2ccc(-c3nc(-c4ccccc4)nc(-c4ccccc4)n3)cc2)c1.Clc1cccc(-c2nc(-c3ccccc3)nc(-c3ccc4oc5ccccc5c4c3)n2)c1. The Balaban J connectivity index is 0.000000150. The monoisotopic (exact) mass is 852 g/mol. The van der Waals surface area contributed by atoms with Gasteiger partial charge in [0.15, 0.2) is 34.9 Å². The Kier molecular flexibility index (Phi) is 11.0. The minimum Gasteiger partial charge on any atom is -0.456 e. The van der Waals surface area contributed by atoms with Gasteiger partial charge in [-0.1, -0.05) is 181 Å². The van der Waals surface area contributed by atoms with Crippen molar-refractivity contribution >= 4 is 45.1 Å². The molecule has 300 valence electrons. The summed E-state index contributed by atoms with van der Waals surface area (Å²) in [4.78, 5) is 28.6. The maximum Gasteiger partial charge on any atom is 0.164 e. The van der Waals surface area contributed by atoms with Crippen LogP contribution >= 0.6 is 23.2 Å². The molecule has 0 amide bonds.